The van der Waals surface area contributed by atoms with Crippen molar-refractivity contribution < 1.29 is 47.3 Å². The van der Waals surface area contributed by atoms with Crippen molar-refractivity contribution in [2.45, 2.75) is 58.4 Å². The van der Waals surface area contributed by atoms with Crippen LogP contribution in [0.2, 0.25) is 0 Å². The van der Waals surface area contributed by atoms with Gasteiger partial charge >= 0.3 is 23.9 Å². The number of ether oxygens (including phenoxy) is 5. The molecule has 1 aliphatic rings. The molecule has 9 nitrogen and oxygen atoms in total. The third kappa shape index (κ3) is 5.44. The van der Waals surface area contributed by atoms with Gasteiger partial charge in [-0.2, -0.15) is 0 Å². The maximum atomic E-state index is 13.3. The first kappa shape index (κ1) is 19.8. The van der Waals surface area contributed by atoms with E-state index in [1.165, 1.54) is 0 Å². The lowest BCUT2D eigenvalue weighted by molar-refractivity contribution is -0.297. The summed E-state index contributed by atoms with van der Waals surface area (Å²) in [6.07, 6.45) is -7.12. The molecule has 1 heterocycles. The summed E-state index contributed by atoms with van der Waals surface area (Å²) >= 11 is 0. The van der Waals surface area contributed by atoms with E-state index < -0.39 is 61.3 Å². The van der Waals surface area contributed by atoms with Gasteiger partial charge in [0, 0.05) is 27.7 Å². The Morgan fingerprint density at radius 1 is 0.750 bits per heavy atom. The van der Waals surface area contributed by atoms with Crippen LogP contribution < -0.4 is 0 Å². The summed E-state index contributed by atoms with van der Waals surface area (Å²) in [4.78, 5) is 45.1. The molecule has 1 saturated heterocycles. The van der Waals surface area contributed by atoms with Gasteiger partial charge in [-0.15, -0.1) is 0 Å². The zero-order chi connectivity index (χ0) is 18.4. The van der Waals surface area contributed by atoms with Crippen molar-refractivity contribution in [1.29, 1.82) is 0 Å². The van der Waals surface area contributed by atoms with Gasteiger partial charge in [0.05, 0.1) is 0 Å². The average Bonchev–Trinajstić information content (AvgIpc) is 2.42. The van der Waals surface area contributed by atoms with Gasteiger partial charge in [-0.1, -0.05) is 0 Å². The van der Waals surface area contributed by atoms with Crippen LogP contribution in [0.5, 0.6) is 0 Å². The van der Waals surface area contributed by atoms with Crippen LogP contribution in [0.4, 0.5) is 4.39 Å². The Morgan fingerprint density at radius 2 is 1.17 bits per heavy atom. The van der Waals surface area contributed by atoms with Crippen LogP contribution in [0.25, 0.3) is 0 Å². The zero-order valence-electron chi connectivity index (χ0n) is 13.6. The second-order valence-electron chi connectivity index (χ2n) is 5.03. The molecule has 0 bridgehead atoms. The molecule has 136 valence electrons. The van der Waals surface area contributed by atoms with Crippen molar-refractivity contribution in [1.82, 2.24) is 0 Å². The number of alkyl halides is 1. The molecule has 1 aliphatic heterocycles. The van der Waals surface area contributed by atoms with Crippen LogP contribution >= 0.6 is 0 Å². The Balaban J connectivity index is 3.23. The van der Waals surface area contributed by atoms with Gasteiger partial charge in [-0.05, 0) is 0 Å². The van der Waals surface area contributed by atoms with Crippen LogP contribution in [0.1, 0.15) is 27.7 Å². The second-order valence-corrected chi connectivity index (χ2v) is 5.03. The lowest BCUT2D eigenvalue weighted by Crippen LogP contribution is -2.62. The molecule has 10 heteroatoms. The van der Waals surface area contributed by atoms with Gasteiger partial charge in [0.25, 0.3) is 0 Å². The third-order valence-electron chi connectivity index (χ3n) is 2.93. The van der Waals surface area contributed by atoms with E-state index in [1.807, 2.05) is 0 Å². The number of hydrogen-bond donors (Lipinski definition) is 0. The first-order chi connectivity index (χ1) is 11.1. The van der Waals surface area contributed by atoms with E-state index in [-0.39, 0.29) is 0 Å². The SMILES string of the molecule is CC(=O)O[C@H]1O[C@H](CF)[C@H](OC(C)=O)[C@H](OC(C)=O)[C@H]1OC(C)=O. The largest absolute Gasteiger partial charge is 0.456 e. The molecule has 5 atom stereocenters. The molecule has 0 aromatic carbocycles. The van der Waals surface area contributed by atoms with Gasteiger partial charge in [0.1, 0.15) is 12.8 Å². The maximum Gasteiger partial charge on any atom is 0.305 e. The van der Waals surface area contributed by atoms with Gasteiger partial charge in [0.2, 0.25) is 12.4 Å². The molecule has 0 amide bonds. The number of halogens is 1. The molecule has 24 heavy (non-hydrogen) atoms. The van der Waals surface area contributed by atoms with Crippen LogP contribution in [0.15, 0.2) is 0 Å². The number of hydrogen-bond acceptors (Lipinski definition) is 9. The van der Waals surface area contributed by atoms with Gasteiger partial charge < -0.3 is 23.7 Å². The molecular formula is C14H19FO9. The summed E-state index contributed by atoms with van der Waals surface area (Å²) < 4.78 is 38.4. The van der Waals surface area contributed by atoms with Crippen LogP contribution in [0.3, 0.4) is 0 Å². The van der Waals surface area contributed by atoms with Crippen molar-refractivity contribution in [3.63, 3.8) is 0 Å². The molecular weight excluding hydrogens is 331 g/mol. The average molecular weight is 350 g/mol. The van der Waals surface area contributed by atoms with Crippen molar-refractivity contribution in [2.75, 3.05) is 6.67 Å². The predicted octanol–water partition coefficient (Wildman–Crippen LogP) is 0.0390. The first-order valence-electron chi connectivity index (χ1n) is 7.06. The Labute approximate surface area is 137 Å². The molecule has 0 saturated carbocycles. The molecule has 0 spiro atoms. The van der Waals surface area contributed by atoms with Crippen molar-refractivity contribution in [2.24, 2.45) is 0 Å². The van der Waals surface area contributed by atoms with Crippen LogP contribution in [-0.4, -0.2) is 61.3 Å². The summed E-state index contributed by atoms with van der Waals surface area (Å²) in [5.74, 6) is -3.16. The molecule has 1 rings (SSSR count). The number of carbonyl (C=O) groups is 4. The molecule has 0 radical (unpaired) electrons. The fourth-order valence-electron chi connectivity index (χ4n) is 2.24. The molecule has 0 aliphatic carbocycles. The lowest BCUT2D eigenvalue weighted by atomic mass is 9.98. The summed E-state index contributed by atoms with van der Waals surface area (Å²) in [6.45, 7) is 3.14. The Bertz CT molecular complexity index is 506. The van der Waals surface area contributed by atoms with E-state index in [4.69, 9.17) is 23.7 Å². The summed E-state index contributed by atoms with van der Waals surface area (Å²) in [7, 11) is 0. The highest BCUT2D eigenvalue weighted by atomic mass is 19.1. The Hall–Kier alpha value is -2.23. The van der Waals surface area contributed by atoms with E-state index in [0.29, 0.717) is 0 Å². The highest BCUT2D eigenvalue weighted by Gasteiger charge is 2.53. The van der Waals surface area contributed by atoms with E-state index in [1.54, 1.807) is 0 Å². The fourth-order valence-corrected chi connectivity index (χ4v) is 2.24. The van der Waals surface area contributed by atoms with Crippen molar-refractivity contribution in [3.05, 3.63) is 0 Å². The van der Waals surface area contributed by atoms with Gasteiger partial charge in [-0.3, -0.25) is 19.2 Å². The van der Waals surface area contributed by atoms with Crippen LogP contribution in [0, 0.1) is 0 Å². The number of carbonyl (C=O) groups excluding carboxylic acids is 4. The summed E-state index contributed by atoms with van der Waals surface area (Å²) in [6, 6.07) is 0. The highest BCUT2D eigenvalue weighted by Crippen LogP contribution is 2.29. The standard InChI is InChI=1S/C14H19FO9/c1-6(16)20-11-10(5-15)24-14(23-9(4)19)13(22-8(3)18)12(11)21-7(2)17/h10-14H,5H2,1-4H3/t10-,11+,12+,13-,14+/m1/s1. The normalized spacial score (nSPS) is 29.3. The van der Waals surface area contributed by atoms with Crippen molar-refractivity contribution >= 4 is 23.9 Å². The van der Waals surface area contributed by atoms with Crippen molar-refractivity contribution in [3.8, 4) is 0 Å². The fraction of sp³-hybridized carbons (Fsp3) is 0.714. The highest BCUT2D eigenvalue weighted by molar-refractivity contribution is 5.69. The molecule has 0 unspecified atom stereocenters. The van der Waals surface area contributed by atoms with Gasteiger partial charge in [-0.25, -0.2) is 4.39 Å². The second kappa shape index (κ2) is 8.57. The minimum atomic E-state index is -1.52. The number of rotatable bonds is 5. The minimum absolute atomic E-state index is 0.785. The molecule has 0 aromatic rings. The Kier molecular flexibility index (Phi) is 7.08. The summed E-state index contributed by atoms with van der Waals surface area (Å²) in [5.41, 5.74) is 0. The van der Waals surface area contributed by atoms with E-state index >= 15 is 0 Å². The lowest BCUT2D eigenvalue weighted by Gasteiger charge is -2.43. The molecule has 0 aromatic heterocycles. The van der Waals surface area contributed by atoms with E-state index in [9.17, 15) is 23.6 Å². The van der Waals surface area contributed by atoms with E-state index in [0.717, 1.165) is 27.7 Å². The quantitative estimate of drug-likeness (QED) is 0.500. The third-order valence-corrected chi connectivity index (χ3v) is 2.93. The Morgan fingerprint density at radius 3 is 1.58 bits per heavy atom. The number of esters is 4. The van der Waals surface area contributed by atoms with Gasteiger partial charge in [0.15, 0.2) is 12.2 Å². The summed E-state index contributed by atoms with van der Waals surface area (Å²) in [5, 5.41) is 0. The minimum Gasteiger partial charge on any atom is -0.456 e. The van der Waals surface area contributed by atoms with Crippen LogP contribution in [-0.2, 0) is 42.9 Å². The monoisotopic (exact) mass is 350 g/mol. The zero-order valence-corrected chi connectivity index (χ0v) is 13.6. The maximum absolute atomic E-state index is 13.3. The molecule has 1 fully saturated rings. The topological polar surface area (TPSA) is 114 Å². The predicted molar refractivity (Wildman–Crippen MR) is 73.1 cm³/mol. The molecule has 0 N–H and O–H groups in total. The van der Waals surface area contributed by atoms with E-state index in [2.05, 4.69) is 0 Å². The smallest absolute Gasteiger partial charge is 0.305 e. The first-order valence-corrected chi connectivity index (χ1v) is 7.06.